The second-order valence-electron chi connectivity index (χ2n) is 5.82. The van der Waals surface area contributed by atoms with Gasteiger partial charge in [-0.3, -0.25) is 0 Å². The largest absolute Gasteiger partial charge is 0.379 e. The van der Waals surface area contributed by atoms with Crippen LogP contribution in [0.3, 0.4) is 0 Å². The van der Waals surface area contributed by atoms with Gasteiger partial charge in [0.25, 0.3) is 0 Å². The zero-order valence-corrected chi connectivity index (χ0v) is 13.7. The summed E-state index contributed by atoms with van der Waals surface area (Å²) in [6.45, 7) is 9.65. The maximum absolute atomic E-state index is 5.25. The summed E-state index contributed by atoms with van der Waals surface area (Å²) < 4.78 is 5.25. The molecule has 0 spiro atoms. The molecule has 2 nitrogen and oxygen atoms in total. The van der Waals surface area contributed by atoms with Gasteiger partial charge in [0, 0.05) is 11.8 Å². The van der Waals surface area contributed by atoms with Gasteiger partial charge in [-0.2, -0.15) is 11.8 Å². The van der Waals surface area contributed by atoms with E-state index >= 15 is 0 Å². The summed E-state index contributed by atoms with van der Waals surface area (Å²) >= 11 is 2.04. The highest BCUT2D eigenvalue weighted by molar-refractivity contribution is 8.00. The molecule has 0 bridgehead atoms. The summed E-state index contributed by atoms with van der Waals surface area (Å²) in [5.74, 6) is 1.74. The van der Waals surface area contributed by atoms with Crippen LogP contribution in [0.5, 0.6) is 0 Å². The third kappa shape index (κ3) is 4.51. The van der Waals surface area contributed by atoms with Crippen LogP contribution >= 0.6 is 11.8 Å². The van der Waals surface area contributed by atoms with Gasteiger partial charge < -0.3 is 10.1 Å². The Labute approximate surface area is 127 Å². The molecule has 1 fully saturated rings. The van der Waals surface area contributed by atoms with Crippen LogP contribution in [0.4, 0.5) is 0 Å². The van der Waals surface area contributed by atoms with Gasteiger partial charge in [0.15, 0.2) is 0 Å². The highest BCUT2D eigenvalue weighted by Crippen LogP contribution is 2.26. The van der Waals surface area contributed by atoms with Gasteiger partial charge >= 0.3 is 0 Å². The molecule has 1 N–H and O–H groups in total. The summed E-state index contributed by atoms with van der Waals surface area (Å²) in [5, 5.41) is 4.38. The third-order valence-electron chi connectivity index (χ3n) is 3.75. The Hall–Kier alpha value is -0.510. The van der Waals surface area contributed by atoms with Crippen molar-refractivity contribution in [2.45, 2.75) is 44.4 Å². The van der Waals surface area contributed by atoms with E-state index in [4.69, 9.17) is 4.74 Å². The first-order valence-electron chi connectivity index (χ1n) is 7.73. The summed E-state index contributed by atoms with van der Waals surface area (Å²) in [5.41, 5.74) is 2.83. The highest BCUT2D eigenvalue weighted by Gasteiger charge is 2.21. The Bertz CT molecular complexity index is 386. The van der Waals surface area contributed by atoms with Crippen molar-refractivity contribution in [1.29, 1.82) is 0 Å². The monoisotopic (exact) mass is 293 g/mol. The van der Waals surface area contributed by atoms with Crippen LogP contribution in [-0.2, 0) is 4.74 Å². The molecule has 1 saturated heterocycles. The average Bonchev–Trinajstić information content (AvgIpc) is 2.41. The van der Waals surface area contributed by atoms with Crippen molar-refractivity contribution >= 4 is 11.8 Å². The zero-order chi connectivity index (χ0) is 14.4. The molecule has 0 amide bonds. The number of benzene rings is 1. The number of rotatable bonds is 8. The Kier molecular flexibility index (Phi) is 6.40. The SMILES string of the molecule is CCCNC(CSC1COC1)c1ccc(C(C)C)cc1. The van der Waals surface area contributed by atoms with E-state index in [0.29, 0.717) is 17.2 Å². The molecule has 0 aromatic heterocycles. The van der Waals surface area contributed by atoms with E-state index in [1.807, 2.05) is 11.8 Å². The molecule has 1 aliphatic heterocycles. The first-order chi connectivity index (χ1) is 9.70. The fraction of sp³-hybridized carbons (Fsp3) is 0.647. The predicted molar refractivity (Wildman–Crippen MR) is 88.6 cm³/mol. The van der Waals surface area contributed by atoms with Crippen molar-refractivity contribution in [2.75, 3.05) is 25.5 Å². The van der Waals surface area contributed by atoms with Gasteiger partial charge in [-0.1, -0.05) is 45.0 Å². The average molecular weight is 293 g/mol. The summed E-state index contributed by atoms with van der Waals surface area (Å²) in [4.78, 5) is 0. The van der Waals surface area contributed by atoms with Crippen molar-refractivity contribution in [3.63, 3.8) is 0 Å². The van der Waals surface area contributed by atoms with E-state index in [1.54, 1.807) is 0 Å². The Morgan fingerprint density at radius 3 is 2.35 bits per heavy atom. The van der Waals surface area contributed by atoms with Crippen molar-refractivity contribution in [3.8, 4) is 0 Å². The molecule has 0 radical (unpaired) electrons. The van der Waals surface area contributed by atoms with Crippen LogP contribution < -0.4 is 5.32 Å². The maximum Gasteiger partial charge on any atom is 0.0607 e. The summed E-state index contributed by atoms with van der Waals surface area (Å²) in [6.07, 6.45) is 1.18. The van der Waals surface area contributed by atoms with Crippen LogP contribution in [-0.4, -0.2) is 30.8 Å². The maximum atomic E-state index is 5.25. The van der Waals surface area contributed by atoms with Crippen LogP contribution in [0, 0.1) is 0 Å². The van der Waals surface area contributed by atoms with Crippen LogP contribution in [0.1, 0.15) is 50.3 Å². The van der Waals surface area contributed by atoms with Gasteiger partial charge in [-0.25, -0.2) is 0 Å². The van der Waals surface area contributed by atoms with Crippen LogP contribution in [0.25, 0.3) is 0 Å². The van der Waals surface area contributed by atoms with Crippen molar-refractivity contribution < 1.29 is 4.74 Å². The number of ether oxygens (including phenoxy) is 1. The molecule has 1 atom stereocenters. The van der Waals surface area contributed by atoms with Gasteiger partial charge in [-0.05, 0) is 30.0 Å². The first kappa shape index (κ1) is 15.9. The molecule has 0 aliphatic carbocycles. The lowest BCUT2D eigenvalue weighted by molar-refractivity contribution is 0.0455. The van der Waals surface area contributed by atoms with E-state index in [-0.39, 0.29) is 0 Å². The van der Waals surface area contributed by atoms with Crippen molar-refractivity contribution in [3.05, 3.63) is 35.4 Å². The lowest BCUT2D eigenvalue weighted by atomic mass is 9.99. The molecule has 1 aliphatic rings. The number of hydrogen-bond acceptors (Lipinski definition) is 3. The third-order valence-corrected chi connectivity index (χ3v) is 5.02. The molecule has 2 rings (SSSR count). The molecule has 3 heteroatoms. The van der Waals surface area contributed by atoms with E-state index in [1.165, 1.54) is 17.5 Å². The molecule has 1 unspecified atom stereocenters. The van der Waals surface area contributed by atoms with Gasteiger partial charge in [0.1, 0.15) is 0 Å². The second-order valence-corrected chi connectivity index (χ2v) is 7.15. The second kappa shape index (κ2) is 8.06. The number of thioether (sulfide) groups is 1. The van der Waals surface area contributed by atoms with E-state index in [0.717, 1.165) is 25.5 Å². The quantitative estimate of drug-likeness (QED) is 0.783. The fourth-order valence-electron chi connectivity index (χ4n) is 2.25. The molecular formula is C17H27NOS. The topological polar surface area (TPSA) is 21.3 Å². The van der Waals surface area contributed by atoms with E-state index < -0.39 is 0 Å². The molecule has 1 aromatic carbocycles. The minimum absolute atomic E-state index is 0.460. The Morgan fingerprint density at radius 2 is 1.85 bits per heavy atom. The molecule has 0 saturated carbocycles. The lowest BCUT2D eigenvalue weighted by Gasteiger charge is -2.28. The van der Waals surface area contributed by atoms with Crippen molar-refractivity contribution in [1.82, 2.24) is 5.32 Å². The smallest absolute Gasteiger partial charge is 0.0607 e. The molecule has 112 valence electrons. The van der Waals surface area contributed by atoms with Gasteiger partial charge in [0.05, 0.1) is 18.5 Å². The van der Waals surface area contributed by atoms with Gasteiger partial charge in [0.2, 0.25) is 0 Å². The molecular weight excluding hydrogens is 266 g/mol. The molecule has 20 heavy (non-hydrogen) atoms. The van der Waals surface area contributed by atoms with Crippen LogP contribution in [0.2, 0.25) is 0 Å². The highest BCUT2D eigenvalue weighted by atomic mass is 32.2. The first-order valence-corrected chi connectivity index (χ1v) is 8.78. The molecule has 1 heterocycles. The fourth-order valence-corrected chi connectivity index (χ4v) is 3.41. The summed E-state index contributed by atoms with van der Waals surface area (Å²) in [7, 11) is 0. The lowest BCUT2D eigenvalue weighted by Crippen LogP contribution is -2.32. The predicted octanol–water partition coefficient (Wildman–Crippen LogP) is 3.98. The van der Waals surface area contributed by atoms with Crippen molar-refractivity contribution in [2.24, 2.45) is 0 Å². The Morgan fingerprint density at radius 1 is 1.20 bits per heavy atom. The number of nitrogens with one attached hydrogen (secondary N) is 1. The Balaban J connectivity index is 1.96. The number of hydrogen-bond donors (Lipinski definition) is 1. The van der Waals surface area contributed by atoms with E-state index in [2.05, 4.69) is 50.4 Å². The minimum Gasteiger partial charge on any atom is -0.379 e. The standard InChI is InChI=1S/C17H27NOS/c1-4-9-18-17(12-20-16-10-19-11-16)15-7-5-14(6-8-15)13(2)3/h5-8,13,16-18H,4,9-12H2,1-3H3. The zero-order valence-electron chi connectivity index (χ0n) is 12.9. The normalized spacial score (nSPS) is 17.2. The van der Waals surface area contributed by atoms with Gasteiger partial charge in [-0.15, -0.1) is 0 Å². The van der Waals surface area contributed by atoms with E-state index in [9.17, 15) is 0 Å². The summed E-state index contributed by atoms with van der Waals surface area (Å²) in [6, 6.07) is 9.60. The molecule has 1 aromatic rings. The minimum atomic E-state index is 0.460. The van der Waals surface area contributed by atoms with Crippen LogP contribution in [0.15, 0.2) is 24.3 Å².